The van der Waals surface area contributed by atoms with Gasteiger partial charge in [0.1, 0.15) is 5.78 Å². The molecule has 0 bridgehead atoms. The van der Waals surface area contributed by atoms with Crippen molar-refractivity contribution in [3.05, 3.63) is 34.9 Å². The van der Waals surface area contributed by atoms with Crippen LogP contribution in [0.2, 0.25) is 0 Å². The van der Waals surface area contributed by atoms with Crippen molar-refractivity contribution < 1.29 is 4.79 Å². The third-order valence-corrected chi connectivity index (χ3v) is 2.89. The maximum atomic E-state index is 11.7. The molecular formula is C15H23NO. The van der Waals surface area contributed by atoms with Gasteiger partial charge in [-0.2, -0.15) is 0 Å². The van der Waals surface area contributed by atoms with Gasteiger partial charge in [0, 0.05) is 12.5 Å². The zero-order valence-electron chi connectivity index (χ0n) is 11.3. The summed E-state index contributed by atoms with van der Waals surface area (Å²) >= 11 is 0. The highest BCUT2D eigenvalue weighted by Gasteiger charge is 2.05. The molecule has 94 valence electrons. The largest absolute Gasteiger partial charge is 0.308 e. The fraction of sp³-hybridized carbons (Fsp3) is 0.533. The number of hydrogen-bond acceptors (Lipinski definition) is 2. The molecule has 0 radical (unpaired) electrons. The highest BCUT2D eigenvalue weighted by molar-refractivity contribution is 5.80. The van der Waals surface area contributed by atoms with E-state index < -0.39 is 0 Å². The van der Waals surface area contributed by atoms with Gasteiger partial charge in [0.25, 0.3) is 0 Å². The van der Waals surface area contributed by atoms with E-state index >= 15 is 0 Å². The Labute approximate surface area is 104 Å². The van der Waals surface area contributed by atoms with Crippen LogP contribution in [0.5, 0.6) is 0 Å². The summed E-state index contributed by atoms with van der Waals surface area (Å²) in [5.41, 5.74) is 3.83. The molecule has 0 saturated heterocycles. The van der Waals surface area contributed by atoms with Gasteiger partial charge in [-0.25, -0.2) is 0 Å². The number of Topliss-reactive ketones (excluding diaryl/α,β-unsaturated/α-hetero) is 1. The number of hydrogen-bond donors (Lipinski definition) is 1. The first-order valence-electron chi connectivity index (χ1n) is 6.30. The standard InChI is InChI=1S/C15H23NO/c1-11(2)16-10-15(17)8-7-14-9-12(3)5-6-13(14)4/h5-6,9,11,16H,7-8,10H2,1-4H3. The van der Waals surface area contributed by atoms with E-state index in [1.54, 1.807) is 0 Å². The summed E-state index contributed by atoms with van der Waals surface area (Å²) in [7, 11) is 0. The predicted octanol–water partition coefficient (Wildman–Crippen LogP) is 2.80. The maximum absolute atomic E-state index is 11.7. The summed E-state index contributed by atoms with van der Waals surface area (Å²) in [5, 5.41) is 3.16. The van der Waals surface area contributed by atoms with Crippen molar-refractivity contribution in [2.75, 3.05) is 6.54 Å². The molecule has 1 aromatic carbocycles. The van der Waals surface area contributed by atoms with Gasteiger partial charge in [-0.05, 0) is 31.4 Å². The first kappa shape index (κ1) is 13.9. The van der Waals surface area contributed by atoms with Crippen molar-refractivity contribution in [2.24, 2.45) is 0 Å². The van der Waals surface area contributed by atoms with Crippen LogP contribution < -0.4 is 5.32 Å². The third-order valence-electron chi connectivity index (χ3n) is 2.89. The Kier molecular flexibility index (Phi) is 5.36. The van der Waals surface area contributed by atoms with Gasteiger partial charge in [-0.3, -0.25) is 4.79 Å². The Morgan fingerprint density at radius 2 is 2.00 bits per heavy atom. The van der Waals surface area contributed by atoms with Crippen LogP contribution in [0.15, 0.2) is 18.2 Å². The Bertz CT molecular complexity index is 383. The van der Waals surface area contributed by atoms with Crippen LogP contribution in [-0.4, -0.2) is 18.4 Å². The van der Waals surface area contributed by atoms with Gasteiger partial charge in [0.15, 0.2) is 0 Å². The second-order valence-electron chi connectivity index (χ2n) is 5.00. The number of carbonyl (C=O) groups excluding carboxylic acids is 1. The van der Waals surface area contributed by atoms with Crippen LogP contribution in [0.1, 0.15) is 37.0 Å². The second-order valence-corrected chi connectivity index (χ2v) is 5.00. The molecular weight excluding hydrogens is 210 g/mol. The van der Waals surface area contributed by atoms with Crippen molar-refractivity contribution in [2.45, 2.75) is 46.6 Å². The first-order valence-corrected chi connectivity index (χ1v) is 6.30. The van der Waals surface area contributed by atoms with Gasteiger partial charge in [0.2, 0.25) is 0 Å². The zero-order valence-corrected chi connectivity index (χ0v) is 11.3. The lowest BCUT2D eigenvalue weighted by molar-refractivity contribution is -0.118. The van der Waals surface area contributed by atoms with Gasteiger partial charge in [-0.15, -0.1) is 0 Å². The molecule has 0 fully saturated rings. The van der Waals surface area contributed by atoms with Crippen molar-refractivity contribution in [1.82, 2.24) is 5.32 Å². The van der Waals surface area contributed by atoms with Crippen LogP contribution in [-0.2, 0) is 11.2 Å². The van der Waals surface area contributed by atoms with Crippen LogP contribution in [0.25, 0.3) is 0 Å². The molecule has 1 aromatic rings. The van der Waals surface area contributed by atoms with E-state index in [2.05, 4.69) is 51.2 Å². The Morgan fingerprint density at radius 1 is 1.29 bits per heavy atom. The van der Waals surface area contributed by atoms with E-state index in [1.165, 1.54) is 16.7 Å². The van der Waals surface area contributed by atoms with Gasteiger partial charge in [-0.1, -0.05) is 37.6 Å². The van der Waals surface area contributed by atoms with E-state index in [1.807, 2.05) is 0 Å². The van der Waals surface area contributed by atoms with Gasteiger partial charge >= 0.3 is 0 Å². The van der Waals surface area contributed by atoms with Gasteiger partial charge < -0.3 is 5.32 Å². The molecule has 0 amide bonds. The van der Waals surface area contributed by atoms with E-state index in [0.717, 1.165) is 6.42 Å². The van der Waals surface area contributed by atoms with Crippen molar-refractivity contribution >= 4 is 5.78 Å². The highest BCUT2D eigenvalue weighted by Crippen LogP contribution is 2.12. The molecule has 0 saturated carbocycles. The van der Waals surface area contributed by atoms with E-state index in [0.29, 0.717) is 24.8 Å². The third kappa shape index (κ3) is 5.14. The number of carbonyl (C=O) groups is 1. The van der Waals surface area contributed by atoms with Crippen molar-refractivity contribution in [3.8, 4) is 0 Å². The molecule has 0 atom stereocenters. The lowest BCUT2D eigenvalue weighted by atomic mass is 10.0. The minimum Gasteiger partial charge on any atom is -0.308 e. The van der Waals surface area contributed by atoms with Crippen LogP contribution >= 0.6 is 0 Å². The molecule has 0 spiro atoms. The summed E-state index contributed by atoms with van der Waals surface area (Å²) in [6.45, 7) is 8.79. The zero-order chi connectivity index (χ0) is 12.8. The summed E-state index contributed by atoms with van der Waals surface area (Å²) in [6, 6.07) is 6.79. The maximum Gasteiger partial charge on any atom is 0.146 e. The average molecular weight is 233 g/mol. The monoisotopic (exact) mass is 233 g/mol. The summed E-state index contributed by atoms with van der Waals surface area (Å²) in [5.74, 6) is 0.291. The van der Waals surface area contributed by atoms with E-state index in [-0.39, 0.29) is 0 Å². The molecule has 0 aliphatic heterocycles. The first-order chi connectivity index (χ1) is 7.99. The molecule has 0 aliphatic rings. The average Bonchev–Trinajstić information content (AvgIpc) is 2.27. The number of benzene rings is 1. The van der Waals surface area contributed by atoms with Crippen molar-refractivity contribution in [1.29, 1.82) is 0 Å². The molecule has 0 heterocycles. The Morgan fingerprint density at radius 3 is 2.65 bits per heavy atom. The number of rotatable bonds is 6. The second kappa shape index (κ2) is 6.55. The van der Waals surface area contributed by atoms with Crippen LogP contribution in [0, 0.1) is 13.8 Å². The lowest BCUT2D eigenvalue weighted by Gasteiger charge is -2.09. The molecule has 1 N–H and O–H groups in total. The fourth-order valence-corrected chi connectivity index (χ4v) is 1.75. The molecule has 1 rings (SSSR count). The summed E-state index contributed by atoms with van der Waals surface area (Å²) in [4.78, 5) is 11.7. The van der Waals surface area contributed by atoms with Crippen molar-refractivity contribution in [3.63, 3.8) is 0 Å². The van der Waals surface area contributed by atoms with Crippen LogP contribution in [0.4, 0.5) is 0 Å². The minimum atomic E-state index is 0.291. The van der Waals surface area contributed by atoms with E-state index in [9.17, 15) is 4.79 Å². The predicted molar refractivity (Wildman–Crippen MR) is 72.4 cm³/mol. The molecule has 2 nitrogen and oxygen atoms in total. The van der Waals surface area contributed by atoms with Gasteiger partial charge in [0.05, 0.1) is 6.54 Å². The topological polar surface area (TPSA) is 29.1 Å². The number of ketones is 1. The molecule has 0 aliphatic carbocycles. The van der Waals surface area contributed by atoms with E-state index in [4.69, 9.17) is 0 Å². The molecule has 2 heteroatoms. The summed E-state index contributed by atoms with van der Waals surface area (Å²) < 4.78 is 0. The number of nitrogens with one attached hydrogen (secondary N) is 1. The minimum absolute atomic E-state index is 0.291. The highest BCUT2D eigenvalue weighted by atomic mass is 16.1. The molecule has 0 aromatic heterocycles. The quantitative estimate of drug-likeness (QED) is 0.818. The lowest BCUT2D eigenvalue weighted by Crippen LogP contribution is -2.29. The normalized spacial score (nSPS) is 10.9. The van der Waals surface area contributed by atoms with Crippen LogP contribution in [0.3, 0.4) is 0 Å². The molecule has 17 heavy (non-hydrogen) atoms. The molecule has 0 unspecified atom stereocenters. The smallest absolute Gasteiger partial charge is 0.146 e. The SMILES string of the molecule is Cc1ccc(C)c(CCC(=O)CNC(C)C)c1. The summed E-state index contributed by atoms with van der Waals surface area (Å²) in [6.07, 6.45) is 1.48. The Hall–Kier alpha value is -1.15. The Balaban J connectivity index is 2.44. The number of aryl methyl sites for hydroxylation is 3. The fourth-order valence-electron chi connectivity index (χ4n) is 1.75.